The number of carbonyl (C=O) groups excluding carboxylic acids is 1. The molecule has 3 aromatic rings. The Labute approximate surface area is 178 Å². The first-order valence-electron chi connectivity index (χ1n) is 8.92. The number of sulfone groups is 1. The fourth-order valence-corrected chi connectivity index (χ4v) is 4.62. The number of amides is 1. The van der Waals surface area contributed by atoms with Crippen molar-refractivity contribution in [3.63, 3.8) is 0 Å². The molecule has 0 N–H and O–H groups in total. The summed E-state index contributed by atoms with van der Waals surface area (Å²) in [5, 5.41) is 0. The molecule has 0 aliphatic carbocycles. The summed E-state index contributed by atoms with van der Waals surface area (Å²) in [5.41, 5.74) is 1.02. The van der Waals surface area contributed by atoms with Crippen molar-refractivity contribution in [2.75, 3.05) is 34.2 Å². The van der Waals surface area contributed by atoms with E-state index in [1.54, 1.807) is 27.4 Å². The smallest absolute Gasteiger partial charge is 0.279 e. The highest BCUT2D eigenvalue weighted by Crippen LogP contribution is 2.33. The van der Waals surface area contributed by atoms with E-state index in [0.29, 0.717) is 29.5 Å². The van der Waals surface area contributed by atoms with Crippen LogP contribution in [0.2, 0.25) is 0 Å². The van der Waals surface area contributed by atoms with Gasteiger partial charge in [-0.05, 0) is 18.2 Å². The molecule has 0 bridgehead atoms. The second-order valence-corrected chi connectivity index (χ2v) is 9.45. The lowest BCUT2D eigenvalue weighted by atomic mass is 10.2. The van der Waals surface area contributed by atoms with E-state index in [-0.39, 0.29) is 10.5 Å². The van der Waals surface area contributed by atoms with Crippen LogP contribution < -0.4 is 14.3 Å². The van der Waals surface area contributed by atoms with Gasteiger partial charge in [0.05, 0.1) is 35.9 Å². The van der Waals surface area contributed by atoms with E-state index in [1.165, 1.54) is 29.5 Å². The van der Waals surface area contributed by atoms with E-state index >= 15 is 0 Å². The van der Waals surface area contributed by atoms with Crippen LogP contribution in [0.3, 0.4) is 0 Å². The summed E-state index contributed by atoms with van der Waals surface area (Å²) in [4.78, 5) is 17.6. The van der Waals surface area contributed by atoms with Crippen molar-refractivity contribution in [2.45, 2.75) is 11.4 Å². The number of nitrogens with zero attached hydrogens (tertiary/aromatic N) is 2. The van der Waals surface area contributed by atoms with Gasteiger partial charge >= 0.3 is 0 Å². The molecule has 0 fully saturated rings. The Morgan fingerprint density at radius 3 is 2.43 bits per heavy atom. The van der Waals surface area contributed by atoms with Crippen molar-refractivity contribution in [1.82, 2.24) is 4.57 Å². The summed E-state index contributed by atoms with van der Waals surface area (Å²) < 4.78 is 42.3. The van der Waals surface area contributed by atoms with Gasteiger partial charge in [0.1, 0.15) is 0 Å². The van der Waals surface area contributed by atoms with Gasteiger partial charge in [-0.15, -0.1) is 0 Å². The van der Waals surface area contributed by atoms with Crippen molar-refractivity contribution in [3.8, 4) is 11.5 Å². The van der Waals surface area contributed by atoms with Gasteiger partial charge in [-0.3, -0.25) is 4.79 Å². The number of rotatable bonds is 7. The molecule has 0 unspecified atom stereocenters. The Balaban J connectivity index is 2.16. The first-order chi connectivity index (χ1) is 14.3. The number of methoxy groups -OCH3 is 3. The summed E-state index contributed by atoms with van der Waals surface area (Å²) in [6.07, 6.45) is 1.10. The quantitative estimate of drug-likeness (QED) is 0.549. The largest absolute Gasteiger partial charge is 0.493 e. The molecule has 0 aliphatic heterocycles. The van der Waals surface area contributed by atoms with Crippen LogP contribution in [0.25, 0.3) is 10.2 Å². The highest BCUT2D eigenvalue weighted by molar-refractivity contribution is 7.90. The fraction of sp³-hybridized carbons (Fsp3) is 0.300. The number of aromatic nitrogens is 1. The van der Waals surface area contributed by atoms with Crippen molar-refractivity contribution in [1.29, 1.82) is 0 Å². The number of hydrogen-bond donors (Lipinski definition) is 0. The molecule has 0 saturated heterocycles. The monoisotopic (exact) mass is 450 g/mol. The first kappa shape index (κ1) is 22.0. The average molecular weight is 451 g/mol. The molecular weight excluding hydrogens is 428 g/mol. The molecule has 30 heavy (non-hydrogen) atoms. The third-order valence-corrected chi connectivity index (χ3v) is 6.56. The minimum atomic E-state index is -3.43. The second kappa shape index (κ2) is 8.99. The highest BCUT2D eigenvalue weighted by Gasteiger charge is 2.15. The van der Waals surface area contributed by atoms with E-state index in [0.717, 1.165) is 16.5 Å². The van der Waals surface area contributed by atoms with Crippen LogP contribution in [0.5, 0.6) is 11.5 Å². The maximum atomic E-state index is 12.8. The summed E-state index contributed by atoms with van der Waals surface area (Å²) in [6, 6.07) is 9.51. The Kier molecular flexibility index (Phi) is 6.59. The molecule has 1 aromatic heterocycles. The van der Waals surface area contributed by atoms with Crippen LogP contribution in [-0.2, 0) is 21.1 Å². The third-order valence-electron chi connectivity index (χ3n) is 4.41. The number of hydrogen-bond acceptors (Lipinski definition) is 7. The van der Waals surface area contributed by atoms with Crippen LogP contribution in [0.15, 0.2) is 46.3 Å². The summed E-state index contributed by atoms with van der Waals surface area (Å²) >= 11 is 1.32. The van der Waals surface area contributed by atoms with Crippen LogP contribution >= 0.6 is 11.3 Å². The van der Waals surface area contributed by atoms with Gasteiger partial charge in [-0.25, -0.2) is 8.42 Å². The summed E-state index contributed by atoms with van der Waals surface area (Å²) in [5.74, 6) is 0.605. The molecule has 3 rings (SSSR count). The van der Waals surface area contributed by atoms with Crippen molar-refractivity contribution in [3.05, 3.63) is 46.8 Å². The molecule has 0 radical (unpaired) electrons. The Bertz CT molecular complexity index is 1260. The van der Waals surface area contributed by atoms with E-state index in [2.05, 4.69) is 4.99 Å². The Hall–Kier alpha value is -2.69. The highest BCUT2D eigenvalue weighted by atomic mass is 32.2. The van der Waals surface area contributed by atoms with Crippen LogP contribution in [0.1, 0.15) is 10.4 Å². The lowest BCUT2D eigenvalue weighted by Crippen LogP contribution is -2.19. The van der Waals surface area contributed by atoms with E-state index in [1.807, 2.05) is 16.7 Å². The number of ether oxygens (including phenoxy) is 3. The lowest BCUT2D eigenvalue weighted by Gasteiger charge is -2.09. The summed E-state index contributed by atoms with van der Waals surface area (Å²) in [7, 11) is 1.28. The minimum Gasteiger partial charge on any atom is -0.493 e. The van der Waals surface area contributed by atoms with Crippen molar-refractivity contribution in [2.24, 2.45) is 4.99 Å². The van der Waals surface area contributed by atoms with Gasteiger partial charge in [0.2, 0.25) is 0 Å². The third kappa shape index (κ3) is 4.55. The molecule has 10 heteroatoms. The minimum absolute atomic E-state index is 0.0709. The molecular formula is C20H22N2O6S2. The van der Waals surface area contributed by atoms with Crippen molar-refractivity contribution < 1.29 is 27.4 Å². The molecule has 0 atom stereocenters. The van der Waals surface area contributed by atoms with E-state index in [4.69, 9.17) is 14.2 Å². The molecule has 0 spiro atoms. The predicted molar refractivity (Wildman–Crippen MR) is 114 cm³/mol. The van der Waals surface area contributed by atoms with Gasteiger partial charge < -0.3 is 18.8 Å². The second-order valence-electron chi connectivity index (χ2n) is 6.42. The zero-order chi connectivity index (χ0) is 21.9. The number of thiazole rings is 1. The van der Waals surface area contributed by atoms with Crippen LogP contribution in [0.4, 0.5) is 0 Å². The van der Waals surface area contributed by atoms with Gasteiger partial charge in [0.15, 0.2) is 26.1 Å². The van der Waals surface area contributed by atoms with Gasteiger partial charge in [-0.2, -0.15) is 4.99 Å². The van der Waals surface area contributed by atoms with Crippen molar-refractivity contribution >= 4 is 37.3 Å². The molecule has 0 aliphatic rings. The average Bonchev–Trinajstić information content (AvgIpc) is 3.06. The SMILES string of the molecule is COCCn1c(=NC(=O)c2cccc(S(C)(=O)=O)c2)sc2cc(OC)c(OC)cc21. The van der Waals surface area contributed by atoms with E-state index < -0.39 is 15.7 Å². The van der Waals surface area contributed by atoms with E-state index in [9.17, 15) is 13.2 Å². The maximum Gasteiger partial charge on any atom is 0.279 e. The summed E-state index contributed by atoms with van der Waals surface area (Å²) in [6.45, 7) is 0.895. The normalized spacial score (nSPS) is 12.3. The lowest BCUT2D eigenvalue weighted by molar-refractivity contribution is 0.0997. The number of benzene rings is 2. The Morgan fingerprint density at radius 2 is 1.80 bits per heavy atom. The standard InChI is InChI=1S/C20H22N2O6S2/c1-26-9-8-22-15-11-16(27-2)17(28-3)12-18(15)29-20(22)21-19(23)13-6-5-7-14(10-13)30(4,24)25/h5-7,10-12H,8-9H2,1-4H3. The van der Waals surface area contributed by atoms with Gasteiger partial charge in [0, 0.05) is 37.6 Å². The zero-order valence-corrected chi connectivity index (χ0v) is 18.7. The van der Waals surface area contributed by atoms with Crippen LogP contribution in [-0.4, -0.2) is 53.1 Å². The Morgan fingerprint density at radius 1 is 1.10 bits per heavy atom. The zero-order valence-electron chi connectivity index (χ0n) is 17.0. The van der Waals surface area contributed by atoms with Crippen LogP contribution in [0, 0.1) is 0 Å². The molecule has 2 aromatic carbocycles. The molecule has 1 heterocycles. The molecule has 8 nitrogen and oxygen atoms in total. The molecule has 1 amide bonds. The fourth-order valence-electron chi connectivity index (χ4n) is 2.89. The maximum absolute atomic E-state index is 12.8. The van der Waals surface area contributed by atoms with Gasteiger partial charge in [0.25, 0.3) is 5.91 Å². The number of fused-ring (bicyclic) bond motifs is 1. The first-order valence-corrected chi connectivity index (χ1v) is 11.6. The topological polar surface area (TPSA) is 96.2 Å². The molecule has 160 valence electrons. The van der Waals surface area contributed by atoms with Gasteiger partial charge in [-0.1, -0.05) is 17.4 Å². The predicted octanol–water partition coefficient (Wildman–Crippen LogP) is 2.51. The molecule has 0 saturated carbocycles. The number of carbonyl (C=O) groups is 1.